The number of hydrogen-bond donors (Lipinski definition) is 6. The average Bonchev–Trinajstić information content (AvgIpc) is 3.72. The quantitative estimate of drug-likeness (QED) is 0.120. The molecule has 9 atom stereocenters. The van der Waals surface area contributed by atoms with E-state index in [1.165, 1.54) is 21.7 Å². The van der Waals surface area contributed by atoms with Crippen molar-refractivity contribution in [1.29, 1.82) is 0 Å². The monoisotopic (exact) mass is 690 g/mol. The largest absolute Gasteiger partial charge is 0.472 e. The summed E-state index contributed by atoms with van der Waals surface area (Å²) in [4.78, 5) is 52.6. The Morgan fingerprint density at radius 1 is 1.13 bits per heavy atom. The predicted molar refractivity (Wildman–Crippen MR) is 150 cm³/mol. The second-order valence-corrected chi connectivity index (χ2v) is 14.3. The van der Waals surface area contributed by atoms with Gasteiger partial charge in [0.1, 0.15) is 47.1 Å². The van der Waals surface area contributed by atoms with Crippen molar-refractivity contribution < 1.29 is 52.2 Å². The van der Waals surface area contributed by atoms with E-state index in [1.807, 2.05) is 0 Å². The highest BCUT2D eigenvalue weighted by molar-refractivity contribution is 7.52. The third-order valence-corrected chi connectivity index (χ3v) is 10.6. The molecule has 23 heteroatoms. The maximum absolute atomic E-state index is 13.6. The van der Waals surface area contributed by atoms with Crippen molar-refractivity contribution in [3.63, 3.8) is 0 Å². The molecule has 3 saturated heterocycles. The SMILES string of the molecule is Nc1nc2c(ncn2[C@@H]2O[C@]3(CO)CC2OP(=O)(O)OC[C@H]2O[C@@H](n4ccc5c(Cl)ncnc54)[C@H](O)C2OP(=O)(O)C3)c(=O)[nH]1. The number of fused-ring (bicyclic) bond motifs is 5. The summed E-state index contributed by atoms with van der Waals surface area (Å²) < 4.78 is 57.7. The molecule has 242 valence electrons. The molecular formula is C22H25ClN8O12P2. The standard InChI is InChI=1S/C22H25ClN8O12P2/c23-15-9-1-2-30(16(9)26-7-25-15)20-13(33)14-11(40-20)4-39-45(37,38)42-10-3-22(5-32,6-44(35,36)43-14)41-19(10)31-8-27-12-17(31)28-21(24)29-18(12)34/h1-2,7-8,10-11,13-14,19-20,32-33H,3-6H2,(H,35,36)(H,37,38)(H3,24,28,29,34)/t10?,11-,13-,14?,19-,20-,22+/m1/s1. The van der Waals surface area contributed by atoms with Gasteiger partial charge >= 0.3 is 15.4 Å². The van der Waals surface area contributed by atoms with Crippen molar-refractivity contribution in [3.05, 3.63) is 40.4 Å². The molecule has 20 nitrogen and oxygen atoms in total. The molecule has 4 aromatic rings. The van der Waals surface area contributed by atoms with Gasteiger partial charge in [0.05, 0.1) is 31.1 Å². The molecule has 3 aliphatic rings. The maximum atomic E-state index is 13.6. The van der Waals surface area contributed by atoms with Crippen LogP contribution in [-0.4, -0.2) is 103 Å². The molecular weight excluding hydrogens is 666 g/mol. The van der Waals surface area contributed by atoms with Crippen molar-refractivity contribution in [2.45, 2.75) is 48.9 Å². The molecule has 4 unspecified atom stereocenters. The van der Waals surface area contributed by atoms with Crippen LogP contribution in [0.5, 0.6) is 0 Å². The second-order valence-electron chi connectivity index (χ2n) is 10.8. The second kappa shape index (κ2) is 10.9. The number of rotatable bonds is 3. The zero-order chi connectivity index (χ0) is 31.9. The molecule has 0 aliphatic carbocycles. The molecule has 0 spiro atoms. The number of H-pyrrole nitrogens is 1. The number of phosphoric acid groups is 1. The van der Waals surface area contributed by atoms with E-state index >= 15 is 0 Å². The molecule has 0 radical (unpaired) electrons. The number of nitrogen functional groups attached to an aromatic ring is 1. The van der Waals surface area contributed by atoms with E-state index < -0.39 is 89.2 Å². The smallest absolute Gasteiger partial charge is 0.393 e. The van der Waals surface area contributed by atoms with Gasteiger partial charge in [0.15, 0.2) is 23.6 Å². The number of phosphoric ester groups is 1. The van der Waals surface area contributed by atoms with Crippen LogP contribution < -0.4 is 11.3 Å². The van der Waals surface area contributed by atoms with Crippen LogP contribution in [0.15, 0.2) is 29.7 Å². The summed E-state index contributed by atoms with van der Waals surface area (Å²) in [6.07, 6.45) is -6.12. The summed E-state index contributed by atoms with van der Waals surface area (Å²) in [5, 5.41) is 22.3. The van der Waals surface area contributed by atoms with Crippen molar-refractivity contribution >= 4 is 55.2 Å². The van der Waals surface area contributed by atoms with Crippen LogP contribution in [0.3, 0.4) is 0 Å². The fourth-order valence-corrected chi connectivity index (χ4v) is 8.73. The number of ether oxygens (including phenoxy) is 2. The number of hydrogen-bond acceptors (Lipinski definition) is 15. The molecule has 0 saturated carbocycles. The van der Waals surface area contributed by atoms with Gasteiger partial charge in [0, 0.05) is 12.6 Å². The third kappa shape index (κ3) is 5.40. The van der Waals surface area contributed by atoms with Crippen molar-refractivity contribution in [1.82, 2.24) is 34.1 Å². The lowest BCUT2D eigenvalue weighted by Crippen LogP contribution is -2.41. The van der Waals surface area contributed by atoms with E-state index in [0.717, 1.165) is 6.33 Å². The summed E-state index contributed by atoms with van der Waals surface area (Å²) in [6.45, 7) is -1.60. The number of aromatic nitrogens is 7. The van der Waals surface area contributed by atoms with E-state index in [9.17, 15) is 33.9 Å². The Bertz CT molecular complexity index is 1960. The fourth-order valence-electron chi connectivity index (χ4n) is 5.88. The number of aliphatic hydroxyl groups is 2. The van der Waals surface area contributed by atoms with Crippen LogP contribution in [0.25, 0.3) is 22.2 Å². The molecule has 3 fully saturated rings. The number of aromatic amines is 1. The van der Waals surface area contributed by atoms with Gasteiger partial charge in [-0.3, -0.25) is 32.5 Å². The van der Waals surface area contributed by atoms with Crippen LogP contribution in [0, 0.1) is 0 Å². The van der Waals surface area contributed by atoms with Gasteiger partial charge < -0.3 is 39.8 Å². The summed E-state index contributed by atoms with van der Waals surface area (Å²) in [5.74, 6) is -0.264. The van der Waals surface area contributed by atoms with Crippen LogP contribution in [0.2, 0.25) is 5.15 Å². The molecule has 0 amide bonds. The van der Waals surface area contributed by atoms with E-state index in [-0.39, 0.29) is 27.9 Å². The Kier molecular flexibility index (Phi) is 7.44. The Labute approximate surface area is 255 Å². The first-order valence-electron chi connectivity index (χ1n) is 13.3. The van der Waals surface area contributed by atoms with Crippen LogP contribution >= 0.6 is 27.0 Å². The number of anilines is 1. The van der Waals surface area contributed by atoms with Gasteiger partial charge in [0.25, 0.3) is 5.56 Å². The average molecular weight is 691 g/mol. The highest BCUT2D eigenvalue weighted by atomic mass is 35.5. The zero-order valence-corrected chi connectivity index (χ0v) is 25.2. The third-order valence-electron chi connectivity index (χ3n) is 7.76. The number of halogens is 1. The lowest BCUT2D eigenvalue weighted by molar-refractivity contribution is -0.0980. The van der Waals surface area contributed by atoms with Gasteiger partial charge in [-0.2, -0.15) is 4.98 Å². The number of nitrogens with one attached hydrogen (secondary N) is 1. The number of nitrogens with zero attached hydrogens (tertiary/aromatic N) is 6. The van der Waals surface area contributed by atoms with Crippen LogP contribution in [0.4, 0.5) is 5.95 Å². The first kappa shape index (κ1) is 30.8. The first-order valence-corrected chi connectivity index (χ1v) is 16.9. The number of aliphatic hydroxyl groups excluding tert-OH is 2. The summed E-state index contributed by atoms with van der Waals surface area (Å²) in [5.41, 5.74) is 3.14. The summed E-state index contributed by atoms with van der Waals surface area (Å²) >= 11 is 6.14. The highest BCUT2D eigenvalue weighted by Crippen LogP contribution is 2.57. The molecule has 45 heavy (non-hydrogen) atoms. The Morgan fingerprint density at radius 2 is 1.93 bits per heavy atom. The molecule has 7 rings (SSSR count). The molecule has 7 heterocycles. The van der Waals surface area contributed by atoms with Gasteiger partial charge in [-0.15, -0.1) is 0 Å². The minimum Gasteiger partial charge on any atom is -0.393 e. The molecule has 7 N–H and O–H groups in total. The van der Waals surface area contributed by atoms with Gasteiger partial charge in [-0.25, -0.2) is 19.5 Å². The van der Waals surface area contributed by atoms with E-state index in [2.05, 4.69) is 24.9 Å². The van der Waals surface area contributed by atoms with Crippen molar-refractivity contribution in [2.24, 2.45) is 0 Å². The lowest BCUT2D eigenvalue weighted by atomic mass is 10.0. The molecule has 0 aromatic carbocycles. The zero-order valence-electron chi connectivity index (χ0n) is 22.7. The number of imidazole rings is 1. The Morgan fingerprint density at radius 3 is 2.71 bits per heavy atom. The van der Waals surface area contributed by atoms with E-state index in [1.54, 1.807) is 6.07 Å². The van der Waals surface area contributed by atoms with Gasteiger partial charge in [-0.1, -0.05) is 11.6 Å². The molecule has 2 bridgehead atoms. The van der Waals surface area contributed by atoms with Gasteiger partial charge in [0.2, 0.25) is 5.95 Å². The van der Waals surface area contributed by atoms with Crippen molar-refractivity contribution in [2.75, 3.05) is 25.1 Å². The Balaban J connectivity index is 1.24. The maximum Gasteiger partial charge on any atom is 0.472 e. The van der Waals surface area contributed by atoms with E-state index in [4.69, 9.17) is 40.4 Å². The first-order chi connectivity index (χ1) is 21.3. The Hall–Kier alpha value is -2.84. The van der Waals surface area contributed by atoms with Crippen molar-refractivity contribution in [3.8, 4) is 0 Å². The predicted octanol–water partition coefficient (Wildman–Crippen LogP) is -0.205. The highest BCUT2D eigenvalue weighted by Gasteiger charge is 2.57. The topological polar surface area (TPSA) is 282 Å². The number of nitrogens with two attached hydrogens (primary N) is 1. The van der Waals surface area contributed by atoms with E-state index in [0.29, 0.717) is 5.39 Å². The van der Waals surface area contributed by atoms with Crippen LogP contribution in [-0.2, 0) is 32.2 Å². The minimum atomic E-state index is -4.97. The minimum absolute atomic E-state index is 0.0915. The normalized spacial score (nSPS) is 37.4. The summed E-state index contributed by atoms with van der Waals surface area (Å²) in [6, 6.07) is 1.57. The van der Waals surface area contributed by atoms with Gasteiger partial charge in [-0.05, 0) is 6.07 Å². The lowest BCUT2D eigenvalue weighted by Gasteiger charge is -2.31. The fraction of sp³-hybridized carbons (Fsp3) is 0.500. The van der Waals surface area contributed by atoms with Crippen LogP contribution in [0.1, 0.15) is 18.9 Å². The molecule has 4 aromatic heterocycles. The molecule has 3 aliphatic heterocycles. The summed E-state index contributed by atoms with van der Waals surface area (Å²) in [7, 11) is -9.74.